The fourth-order valence-corrected chi connectivity index (χ4v) is 10.2. The van der Waals surface area contributed by atoms with Crippen LogP contribution in [0.15, 0.2) is 158 Å². The molecule has 226 valence electrons. The zero-order valence-corrected chi connectivity index (χ0v) is 27.0. The summed E-state index contributed by atoms with van der Waals surface area (Å²) in [6, 6.07) is 59.5. The molecule has 0 saturated heterocycles. The maximum absolute atomic E-state index is 2.43. The molecule has 2 aliphatic rings. The van der Waals surface area contributed by atoms with Crippen molar-refractivity contribution in [1.82, 2.24) is 0 Å². The second-order valence-electron chi connectivity index (χ2n) is 14.2. The summed E-state index contributed by atoms with van der Waals surface area (Å²) in [5, 5.41) is 16.5. The van der Waals surface area contributed by atoms with E-state index >= 15 is 0 Å². The molecule has 0 heteroatoms. The zero-order chi connectivity index (χ0) is 32.2. The molecule has 0 saturated carbocycles. The zero-order valence-electron chi connectivity index (χ0n) is 27.0. The lowest BCUT2D eigenvalue weighted by molar-refractivity contribution is 1.68. The molecule has 0 bridgehead atoms. The first-order chi connectivity index (χ1) is 24.9. The summed E-state index contributed by atoms with van der Waals surface area (Å²) in [7, 11) is 0. The molecule has 0 spiro atoms. The van der Waals surface area contributed by atoms with Gasteiger partial charge in [0.1, 0.15) is 0 Å². The van der Waals surface area contributed by atoms with E-state index in [2.05, 4.69) is 158 Å². The summed E-state index contributed by atoms with van der Waals surface area (Å²) in [6.45, 7) is 0. The van der Waals surface area contributed by atoms with Crippen LogP contribution in [0.3, 0.4) is 0 Å². The topological polar surface area (TPSA) is 0 Å². The molecule has 11 aromatic rings. The van der Waals surface area contributed by atoms with Gasteiger partial charge in [-0.3, -0.25) is 0 Å². The van der Waals surface area contributed by atoms with Crippen molar-refractivity contribution in [3.63, 3.8) is 0 Å². The molecule has 0 N–H and O–H groups in total. The predicted molar refractivity (Wildman–Crippen MR) is 214 cm³/mol. The van der Waals surface area contributed by atoms with Gasteiger partial charge in [0.15, 0.2) is 0 Å². The van der Waals surface area contributed by atoms with E-state index in [9.17, 15) is 0 Å². The summed E-state index contributed by atoms with van der Waals surface area (Å²) in [5.74, 6) is 0. The Bertz CT molecular complexity index is 2880. The molecule has 0 nitrogen and oxygen atoms in total. The second kappa shape index (κ2) is 8.74. The average Bonchev–Trinajstić information content (AvgIpc) is 3.90. The maximum Gasteiger partial charge on any atom is -0.000717 e. The first-order valence-corrected chi connectivity index (χ1v) is 17.6. The van der Waals surface area contributed by atoms with Crippen LogP contribution in [0.5, 0.6) is 0 Å². The highest BCUT2D eigenvalue weighted by molar-refractivity contribution is 6.48. The SMILES string of the molecule is c1ccc(-c2c3c4ccc5c6c(ccc(c3c(-c3ccccc3)c3c7ccc8c9c(ccc(c23)c97)-c2ccccc2-8)c64)-c2ccccc2-5)cc1. The first kappa shape index (κ1) is 25.5. The third-order valence-electron chi connectivity index (χ3n) is 12.0. The molecule has 0 radical (unpaired) electrons. The Hall–Kier alpha value is -6.50. The monoisotopic (exact) mass is 626 g/mol. The highest BCUT2D eigenvalue weighted by atomic mass is 14.3. The van der Waals surface area contributed by atoms with Crippen LogP contribution < -0.4 is 0 Å². The van der Waals surface area contributed by atoms with Gasteiger partial charge < -0.3 is 0 Å². The largest absolute Gasteiger partial charge is 0.0622 e. The number of hydrogen-bond donors (Lipinski definition) is 0. The number of fused-ring (bicyclic) bond motifs is 12. The summed E-state index contributed by atoms with van der Waals surface area (Å²) in [6.07, 6.45) is 0. The van der Waals surface area contributed by atoms with Gasteiger partial charge in [0, 0.05) is 0 Å². The van der Waals surface area contributed by atoms with Gasteiger partial charge in [0.05, 0.1) is 0 Å². The second-order valence-corrected chi connectivity index (χ2v) is 14.2. The lowest BCUT2D eigenvalue weighted by Gasteiger charge is -2.15. The Kier molecular flexibility index (Phi) is 4.46. The third-order valence-corrected chi connectivity index (χ3v) is 12.0. The molecule has 0 unspecified atom stereocenters. The molecule has 13 rings (SSSR count). The fourth-order valence-electron chi connectivity index (χ4n) is 10.2. The quantitative estimate of drug-likeness (QED) is 0.179. The van der Waals surface area contributed by atoms with Crippen LogP contribution in [0.4, 0.5) is 0 Å². The van der Waals surface area contributed by atoms with E-state index in [0.717, 1.165) is 0 Å². The van der Waals surface area contributed by atoms with E-state index in [1.807, 2.05) is 0 Å². The Labute approximate surface area is 288 Å². The van der Waals surface area contributed by atoms with Crippen molar-refractivity contribution in [2.24, 2.45) is 0 Å². The lowest BCUT2D eigenvalue weighted by Crippen LogP contribution is -1.87. The normalized spacial score (nSPS) is 12.8. The van der Waals surface area contributed by atoms with E-state index in [4.69, 9.17) is 0 Å². The standard InChI is InChI=1S/C50H26/c1-3-11-27(12-4-1)41-47-37-23-19-33-29-15-7-9-17-31(29)35-21-25-39(45(37)43(33)35)49(47)42(28-13-5-2-6-14-28)50-40-26-22-36-32-18-10-8-16-30(32)34-20-24-38(48(41)50)46(40)44(34)36/h1-26H. The minimum atomic E-state index is 1.27. The molecule has 50 heavy (non-hydrogen) atoms. The van der Waals surface area contributed by atoms with Crippen LogP contribution >= 0.6 is 0 Å². The predicted octanol–water partition coefficient (Wildman–Crippen LogP) is 14.1. The summed E-state index contributed by atoms with van der Waals surface area (Å²) >= 11 is 0. The molecule has 0 aliphatic heterocycles. The molecular formula is C50H26. The van der Waals surface area contributed by atoms with Crippen molar-refractivity contribution < 1.29 is 0 Å². The summed E-state index contributed by atoms with van der Waals surface area (Å²) < 4.78 is 0. The lowest BCUT2D eigenvalue weighted by atomic mass is 9.87. The first-order valence-electron chi connectivity index (χ1n) is 17.6. The van der Waals surface area contributed by atoms with Gasteiger partial charge in [-0.1, -0.05) is 158 Å². The van der Waals surface area contributed by atoms with Crippen molar-refractivity contribution in [2.75, 3.05) is 0 Å². The third kappa shape index (κ3) is 2.82. The summed E-state index contributed by atoms with van der Waals surface area (Å²) in [4.78, 5) is 0. The van der Waals surface area contributed by atoms with Gasteiger partial charge in [-0.05, 0) is 131 Å². The molecule has 0 amide bonds. The van der Waals surface area contributed by atoms with Crippen LogP contribution in [-0.2, 0) is 0 Å². The van der Waals surface area contributed by atoms with Gasteiger partial charge in [-0.15, -0.1) is 0 Å². The summed E-state index contributed by atoms with van der Waals surface area (Å²) in [5.41, 5.74) is 16.0. The van der Waals surface area contributed by atoms with Gasteiger partial charge in [-0.25, -0.2) is 0 Å². The Morgan fingerprint density at radius 1 is 0.180 bits per heavy atom. The van der Waals surface area contributed by atoms with Crippen molar-refractivity contribution in [2.45, 2.75) is 0 Å². The highest BCUT2D eigenvalue weighted by Crippen LogP contribution is 2.60. The smallest absolute Gasteiger partial charge is 0.000717 e. The van der Waals surface area contributed by atoms with Crippen molar-refractivity contribution >= 4 is 64.6 Å². The number of benzene rings is 9. The Balaban J connectivity index is 1.34. The number of hydrogen-bond acceptors (Lipinski definition) is 0. The van der Waals surface area contributed by atoms with E-state index in [1.54, 1.807) is 0 Å². The molecule has 0 atom stereocenters. The van der Waals surface area contributed by atoms with E-state index < -0.39 is 0 Å². The van der Waals surface area contributed by atoms with Crippen LogP contribution in [0.2, 0.25) is 0 Å². The van der Waals surface area contributed by atoms with E-state index in [-0.39, 0.29) is 0 Å². The van der Waals surface area contributed by atoms with Gasteiger partial charge in [-0.2, -0.15) is 0 Å². The van der Waals surface area contributed by atoms with Crippen LogP contribution in [0.25, 0.3) is 131 Å². The molecular weight excluding hydrogens is 601 g/mol. The van der Waals surface area contributed by atoms with E-state index in [1.165, 1.54) is 131 Å². The average molecular weight is 627 g/mol. The molecule has 0 aromatic heterocycles. The van der Waals surface area contributed by atoms with Crippen LogP contribution in [0.1, 0.15) is 0 Å². The molecule has 11 aromatic carbocycles. The highest BCUT2D eigenvalue weighted by Gasteiger charge is 2.32. The van der Waals surface area contributed by atoms with Gasteiger partial charge >= 0.3 is 0 Å². The molecule has 0 fully saturated rings. The minimum absolute atomic E-state index is 1.27. The van der Waals surface area contributed by atoms with Crippen LogP contribution in [-0.4, -0.2) is 0 Å². The Morgan fingerprint density at radius 2 is 0.460 bits per heavy atom. The van der Waals surface area contributed by atoms with Gasteiger partial charge in [0.2, 0.25) is 0 Å². The van der Waals surface area contributed by atoms with Crippen LogP contribution in [0, 0.1) is 0 Å². The van der Waals surface area contributed by atoms with Gasteiger partial charge in [0.25, 0.3) is 0 Å². The number of rotatable bonds is 2. The minimum Gasteiger partial charge on any atom is -0.0622 e. The molecule has 0 heterocycles. The van der Waals surface area contributed by atoms with Crippen molar-refractivity contribution in [3.05, 3.63) is 158 Å². The van der Waals surface area contributed by atoms with E-state index in [0.29, 0.717) is 0 Å². The van der Waals surface area contributed by atoms with Crippen molar-refractivity contribution in [3.8, 4) is 66.8 Å². The Morgan fingerprint density at radius 3 is 0.760 bits per heavy atom. The fraction of sp³-hybridized carbons (Fsp3) is 0. The van der Waals surface area contributed by atoms with Crippen molar-refractivity contribution in [1.29, 1.82) is 0 Å². The molecule has 2 aliphatic carbocycles. The maximum atomic E-state index is 2.43.